The van der Waals surface area contributed by atoms with Gasteiger partial charge in [0.1, 0.15) is 10.8 Å². The first-order chi connectivity index (χ1) is 17.7. The van der Waals surface area contributed by atoms with Crippen molar-refractivity contribution in [3.8, 4) is 5.75 Å². The van der Waals surface area contributed by atoms with Crippen molar-refractivity contribution in [2.24, 2.45) is 5.92 Å². The number of esters is 1. The number of halogens is 2. The van der Waals surface area contributed by atoms with Crippen molar-refractivity contribution in [1.82, 2.24) is 14.8 Å². The van der Waals surface area contributed by atoms with E-state index in [-0.39, 0.29) is 17.4 Å². The molecule has 0 saturated heterocycles. The van der Waals surface area contributed by atoms with Crippen molar-refractivity contribution in [2.75, 3.05) is 18.2 Å². The minimum absolute atomic E-state index is 0.0412. The minimum atomic E-state index is -0.809. The average molecular weight is 551 g/mol. The van der Waals surface area contributed by atoms with Crippen molar-refractivity contribution in [1.29, 1.82) is 0 Å². The van der Waals surface area contributed by atoms with Gasteiger partial charge in [0.15, 0.2) is 28.7 Å². The van der Waals surface area contributed by atoms with Crippen molar-refractivity contribution < 1.29 is 27.8 Å². The molecule has 37 heavy (non-hydrogen) atoms. The molecule has 2 atom stereocenters. The van der Waals surface area contributed by atoms with Gasteiger partial charge in [-0.25, -0.2) is 13.6 Å². The molecule has 1 aliphatic carbocycles. The van der Waals surface area contributed by atoms with Gasteiger partial charge in [-0.3, -0.25) is 4.79 Å². The van der Waals surface area contributed by atoms with Crippen LogP contribution in [-0.2, 0) is 28.9 Å². The lowest BCUT2D eigenvalue weighted by molar-refractivity contribution is -0.113. The van der Waals surface area contributed by atoms with Crippen LogP contribution in [-0.4, -0.2) is 39.5 Å². The van der Waals surface area contributed by atoms with Gasteiger partial charge in [-0.2, -0.15) is 0 Å². The smallest absolute Gasteiger partial charge is 0.341 e. The Morgan fingerprint density at radius 3 is 2.81 bits per heavy atom. The van der Waals surface area contributed by atoms with E-state index in [0.29, 0.717) is 34.0 Å². The Bertz CT molecular complexity index is 1310. The maximum atomic E-state index is 14.0. The average Bonchev–Trinajstić information content (AvgIpc) is 3.44. The van der Waals surface area contributed by atoms with Crippen molar-refractivity contribution >= 4 is 40.0 Å². The fraction of sp³-hybridized carbons (Fsp3) is 0.440. The van der Waals surface area contributed by atoms with Crippen LogP contribution >= 0.6 is 23.1 Å². The van der Waals surface area contributed by atoms with E-state index in [1.807, 2.05) is 6.92 Å². The van der Waals surface area contributed by atoms with Gasteiger partial charge >= 0.3 is 5.97 Å². The third-order valence-corrected chi connectivity index (χ3v) is 8.25. The zero-order chi connectivity index (χ0) is 26.7. The zero-order valence-electron chi connectivity index (χ0n) is 21.0. The molecule has 2 heterocycles. The predicted octanol–water partition coefficient (Wildman–Crippen LogP) is 5.42. The molecule has 1 aromatic carbocycles. The molecular weight excluding hydrogens is 522 g/mol. The lowest BCUT2D eigenvalue weighted by Gasteiger charge is -2.18. The maximum absolute atomic E-state index is 14.0. The standard InChI is InChI=1S/C25H28F2N4O4S2/c1-5-31-22(14(3)35-18-9-7-15(26)11-17(18)27)29-30-25(31)36-12-20(32)28-23-21(24(33)34-4)16-8-6-13(2)10-19(16)37-23/h7,9,11,13-14H,5-6,8,10,12H2,1-4H3,(H,28,32). The zero-order valence-corrected chi connectivity index (χ0v) is 22.6. The summed E-state index contributed by atoms with van der Waals surface area (Å²) in [5, 5.41) is 12.2. The number of ether oxygens (including phenoxy) is 2. The minimum Gasteiger partial charge on any atom is -0.480 e. The number of anilines is 1. The van der Waals surface area contributed by atoms with E-state index >= 15 is 0 Å². The monoisotopic (exact) mass is 550 g/mol. The summed E-state index contributed by atoms with van der Waals surface area (Å²) >= 11 is 2.62. The lowest BCUT2D eigenvalue weighted by atomic mass is 9.88. The number of nitrogens with zero attached hydrogens (tertiary/aromatic N) is 3. The number of methoxy groups -OCH3 is 1. The van der Waals surface area contributed by atoms with E-state index in [4.69, 9.17) is 9.47 Å². The van der Waals surface area contributed by atoms with Gasteiger partial charge in [-0.05, 0) is 56.7 Å². The molecule has 0 fully saturated rings. The molecule has 0 radical (unpaired) electrons. The van der Waals surface area contributed by atoms with Gasteiger partial charge < -0.3 is 19.4 Å². The highest BCUT2D eigenvalue weighted by Gasteiger charge is 2.29. The first-order valence-electron chi connectivity index (χ1n) is 11.9. The van der Waals surface area contributed by atoms with E-state index in [0.717, 1.165) is 41.8 Å². The summed E-state index contributed by atoms with van der Waals surface area (Å²) < 4.78 is 39.6. The second-order valence-corrected chi connectivity index (χ2v) is 10.9. The Morgan fingerprint density at radius 1 is 1.32 bits per heavy atom. The Labute approximate surface area is 221 Å². The lowest BCUT2D eigenvalue weighted by Crippen LogP contribution is -2.17. The maximum Gasteiger partial charge on any atom is 0.341 e. The second kappa shape index (κ2) is 11.6. The number of rotatable bonds is 9. The normalized spacial score (nSPS) is 15.7. The number of thioether (sulfide) groups is 1. The highest BCUT2D eigenvalue weighted by Crippen LogP contribution is 2.40. The number of hydrogen-bond acceptors (Lipinski definition) is 8. The van der Waals surface area contributed by atoms with E-state index in [1.54, 1.807) is 11.5 Å². The first kappa shape index (κ1) is 27.1. The molecule has 8 nitrogen and oxygen atoms in total. The Balaban J connectivity index is 1.44. The van der Waals surface area contributed by atoms with E-state index in [9.17, 15) is 18.4 Å². The van der Waals surface area contributed by atoms with Crippen LogP contribution < -0.4 is 10.1 Å². The molecule has 0 spiro atoms. The van der Waals surface area contributed by atoms with Crippen LogP contribution in [0.2, 0.25) is 0 Å². The molecule has 2 unspecified atom stereocenters. The van der Waals surface area contributed by atoms with Crippen LogP contribution in [0.4, 0.5) is 13.8 Å². The fourth-order valence-corrected chi connectivity index (χ4v) is 6.49. The molecule has 0 bridgehead atoms. The number of nitrogens with one attached hydrogen (secondary N) is 1. The Hall–Kier alpha value is -2.99. The van der Waals surface area contributed by atoms with Crippen molar-refractivity contribution in [3.05, 3.63) is 51.7 Å². The Morgan fingerprint density at radius 2 is 2.11 bits per heavy atom. The van der Waals surface area contributed by atoms with Gasteiger partial charge in [0.25, 0.3) is 0 Å². The van der Waals surface area contributed by atoms with Crippen LogP contribution in [0.1, 0.15) is 59.9 Å². The van der Waals surface area contributed by atoms with Crippen LogP contribution in [0.5, 0.6) is 5.75 Å². The highest BCUT2D eigenvalue weighted by atomic mass is 32.2. The predicted molar refractivity (Wildman–Crippen MR) is 137 cm³/mol. The highest BCUT2D eigenvalue weighted by molar-refractivity contribution is 7.99. The van der Waals surface area contributed by atoms with Crippen LogP contribution in [0.25, 0.3) is 0 Å². The Kier molecular flexibility index (Phi) is 8.48. The summed E-state index contributed by atoms with van der Waals surface area (Å²) in [4.78, 5) is 26.4. The molecule has 0 saturated carbocycles. The third-order valence-electron chi connectivity index (χ3n) is 6.11. The first-order valence-corrected chi connectivity index (χ1v) is 13.7. The summed E-state index contributed by atoms with van der Waals surface area (Å²) in [6.45, 7) is 6.25. The molecule has 0 aliphatic heterocycles. The summed E-state index contributed by atoms with van der Waals surface area (Å²) in [5.41, 5.74) is 1.42. The van der Waals surface area contributed by atoms with Gasteiger partial charge in [0.05, 0.1) is 18.4 Å². The van der Waals surface area contributed by atoms with Gasteiger partial charge in [0.2, 0.25) is 5.91 Å². The molecule has 12 heteroatoms. The van der Waals surface area contributed by atoms with Crippen LogP contribution in [0.3, 0.4) is 0 Å². The van der Waals surface area contributed by atoms with Gasteiger partial charge in [-0.15, -0.1) is 21.5 Å². The van der Waals surface area contributed by atoms with Crippen LogP contribution in [0, 0.1) is 17.6 Å². The second-order valence-electron chi connectivity index (χ2n) is 8.80. The molecule has 2 aromatic heterocycles. The number of carbonyl (C=O) groups excluding carboxylic acids is 2. The van der Waals surface area contributed by atoms with Crippen LogP contribution in [0.15, 0.2) is 23.4 Å². The number of aromatic nitrogens is 3. The SMILES string of the molecule is CCn1c(SCC(=O)Nc2sc3c(c2C(=O)OC)CCC(C)C3)nnc1C(C)Oc1ccc(F)cc1F. The molecule has 1 amide bonds. The number of amides is 1. The summed E-state index contributed by atoms with van der Waals surface area (Å²) in [7, 11) is 1.34. The number of benzene rings is 1. The number of hydrogen-bond donors (Lipinski definition) is 1. The third kappa shape index (κ3) is 5.96. The fourth-order valence-electron chi connectivity index (χ4n) is 4.27. The van der Waals surface area contributed by atoms with E-state index in [1.165, 1.54) is 36.3 Å². The van der Waals surface area contributed by atoms with Crippen molar-refractivity contribution in [3.63, 3.8) is 0 Å². The van der Waals surface area contributed by atoms with Gasteiger partial charge in [-0.1, -0.05) is 18.7 Å². The summed E-state index contributed by atoms with van der Waals surface area (Å²) in [6.07, 6.45) is 1.98. The van der Waals surface area contributed by atoms with Gasteiger partial charge in [0, 0.05) is 17.5 Å². The topological polar surface area (TPSA) is 95.3 Å². The van der Waals surface area contributed by atoms with E-state index in [2.05, 4.69) is 22.4 Å². The number of carbonyl (C=O) groups is 2. The largest absolute Gasteiger partial charge is 0.480 e. The molecule has 3 aromatic rings. The molecule has 4 rings (SSSR count). The molecule has 1 N–H and O–H groups in total. The summed E-state index contributed by atoms with van der Waals surface area (Å²) in [6, 6.07) is 3.09. The number of thiophene rings is 1. The molecular formula is C25H28F2N4O4S2. The molecule has 1 aliphatic rings. The van der Waals surface area contributed by atoms with Crippen molar-refractivity contribution in [2.45, 2.75) is 57.8 Å². The number of fused-ring (bicyclic) bond motifs is 1. The molecule has 198 valence electrons. The quantitative estimate of drug-likeness (QED) is 0.281. The van der Waals surface area contributed by atoms with E-state index < -0.39 is 23.7 Å². The summed E-state index contributed by atoms with van der Waals surface area (Å²) in [5.74, 6) is -1.32.